The van der Waals surface area contributed by atoms with Gasteiger partial charge in [0, 0.05) is 32.5 Å². The summed E-state index contributed by atoms with van der Waals surface area (Å²) in [6.45, 7) is 1.95. The number of ketones is 1. The van der Waals surface area contributed by atoms with Gasteiger partial charge in [-0.2, -0.15) is 5.10 Å². The maximum atomic E-state index is 11.7. The first-order valence-corrected chi connectivity index (χ1v) is 5.21. The zero-order valence-corrected chi connectivity index (χ0v) is 9.56. The predicted octanol–water partition coefficient (Wildman–Crippen LogP) is 1.35. The fourth-order valence-corrected chi connectivity index (χ4v) is 1.58. The van der Waals surface area contributed by atoms with E-state index in [-0.39, 0.29) is 11.9 Å². The highest BCUT2D eigenvalue weighted by Crippen LogP contribution is 2.06. The van der Waals surface area contributed by atoms with Crippen molar-refractivity contribution in [1.29, 1.82) is 0 Å². The Morgan fingerprint density at radius 1 is 1.67 bits per heavy atom. The molecule has 0 aliphatic heterocycles. The summed E-state index contributed by atoms with van der Waals surface area (Å²) in [5.74, 6) is 0.168. The van der Waals surface area contributed by atoms with E-state index in [1.807, 2.05) is 20.0 Å². The number of carbonyl (C=O) groups is 1. The highest BCUT2D eigenvalue weighted by molar-refractivity contribution is 5.83. The van der Waals surface area contributed by atoms with Gasteiger partial charge in [-0.05, 0) is 18.9 Å². The van der Waals surface area contributed by atoms with Crippen LogP contribution in [0.1, 0.15) is 25.5 Å². The first kappa shape index (κ1) is 11.9. The summed E-state index contributed by atoms with van der Waals surface area (Å²) in [6.07, 6.45) is 3.48. The van der Waals surface area contributed by atoms with E-state index in [1.165, 1.54) is 0 Å². The molecule has 15 heavy (non-hydrogen) atoms. The van der Waals surface area contributed by atoms with Crippen LogP contribution in [0.4, 0.5) is 0 Å². The molecule has 84 valence electrons. The van der Waals surface area contributed by atoms with Gasteiger partial charge >= 0.3 is 0 Å². The summed E-state index contributed by atoms with van der Waals surface area (Å²) in [4.78, 5) is 11.7. The third-order valence-electron chi connectivity index (χ3n) is 2.56. The lowest BCUT2D eigenvalue weighted by molar-refractivity contribution is -0.128. The smallest absolute Gasteiger partial charge is 0.161 e. The van der Waals surface area contributed by atoms with Crippen molar-refractivity contribution < 1.29 is 9.53 Å². The van der Waals surface area contributed by atoms with Crippen LogP contribution in [0.3, 0.4) is 0 Å². The normalized spacial score (nSPS) is 12.7. The summed E-state index contributed by atoms with van der Waals surface area (Å²) in [7, 11) is 3.46. The monoisotopic (exact) mass is 210 g/mol. The van der Waals surface area contributed by atoms with Crippen LogP contribution >= 0.6 is 0 Å². The van der Waals surface area contributed by atoms with Crippen molar-refractivity contribution in [3.05, 3.63) is 18.0 Å². The van der Waals surface area contributed by atoms with E-state index in [2.05, 4.69) is 5.10 Å². The lowest BCUT2D eigenvalue weighted by atomic mass is 10.1. The second kappa shape index (κ2) is 5.66. The van der Waals surface area contributed by atoms with Crippen molar-refractivity contribution in [2.24, 2.45) is 7.05 Å². The molecule has 0 saturated carbocycles. The number of hydrogen-bond acceptors (Lipinski definition) is 3. The standard InChI is InChI=1S/C11H18N2O2/c1-4-11(15-3)10(14)6-5-9-7-8-12-13(9)2/h7-8,11H,4-6H2,1-3H3. The summed E-state index contributed by atoms with van der Waals surface area (Å²) in [6, 6.07) is 1.93. The first-order valence-electron chi connectivity index (χ1n) is 5.21. The molecule has 4 nitrogen and oxygen atoms in total. The molecule has 1 atom stereocenters. The quantitative estimate of drug-likeness (QED) is 0.711. The van der Waals surface area contributed by atoms with Gasteiger partial charge in [0.15, 0.2) is 5.78 Å². The molecule has 1 rings (SSSR count). The maximum absolute atomic E-state index is 11.7. The predicted molar refractivity (Wildman–Crippen MR) is 57.6 cm³/mol. The highest BCUT2D eigenvalue weighted by atomic mass is 16.5. The van der Waals surface area contributed by atoms with Crippen LogP contribution in [0.15, 0.2) is 12.3 Å². The molecular weight excluding hydrogens is 192 g/mol. The van der Waals surface area contributed by atoms with Gasteiger partial charge in [-0.3, -0.25) is 9.48 Å². The summed E-state index contributed by atoms with van der Waals surface area (Å²) >= 11 is 0. The number of hydrogen-bond donors (Lipinski definition) is 0. The Bertz CT molecular complexity index is 316. The summed E-state index contributed by atoms with van der Waals surface area (Å²) in [5.41, 5.74) is 1.08. The zero-order valence-electron chi connectivity index (χ0n) is 9.56. The number of methoxy groups -OCH3 is 1. The number of aryl methyl sites for hydroxylation is 2. The SMILES string of the molecule is CCC(OC)C(=O)CCc1ccnn1C. The Balaban J connectivity index is 2.43. The number of aromatic nitrogens is 2. The molecule has 0 bridgehead atoms. The Labute approximate surface area is 90.2 Å². The Morgan fingerprint density at radius 3 is 2.87 bits per heavy atom. The molecule has 1 aromatic rings. The van der Waals surface area contributed by atoms with Crippen LogP contribution in [0.25, 0.3) is 0 Å². The van der Waals surface area contributed by atoms with Crippen molar-refractivity contribution in [3.63, 3.8) is 0 Å². The lowest BCUT2D eigenvalue weighted by Gasteiger charge is -2.11. The van der Waals surface area contributed by atoms with E-state index in [1.54, 1.807) is 18.0 Å². The van der Waals surface area contributed by atoms with Gasteiger partial charge < -0.3 is 4.74 Å². The number of carbonyl (C=O) groups excluding carboxylic acids is 1. The zero-order chi connectivity index (χ0) is 11.3. The highest BCUT2D eigenvalue weighted by Gasteiger charge is 2.15. The number of ether oxygens (including phenoxy) is 1. The molecule has 0 fully saturated rings. The molecule has 1 aromatic heterocycles. The van der Waals surface area contributed by atoms with Crippen molar-refractivity contribution in [3.8, 4) is 0 Å². The maximum Gasteiger partial charge on any atom is 0.161 e. The van der Waals surface area contributed by atoms with Gasteiger partial charge in [0.2, 0.25) is 0 Å². The molecule has 0 N–H and O–H groups in total. The van der Waals surface area contributed by atoms with Gasteiger partial charge in [0.1, 0.15) is 6.10 Å². The number of rotatable bonds is 6. The van der Waals surface area contributed by atoms with Crippen LogP contribution < -0.4 is 0 Å². The first-order chi connectivity index (χ1) is 7.19. The third kappa shape index (κ3) is 3.16. The topological polar surface area (TPSA) is 44.1 Å². The van der Waals surface area contributed by atoms with Crippen LogP contribution in [-0.2, 0) is 23.0 Å². The van der Waals surface area contributed by atoms with Gasteiger partial charge in [0.25, 0.3) is 0 Å². The lowest BCUT2D eigenvalue weighted by Crippen LogP contribution is -2.22. The number of Topliss-reactive ketones (excluding diaryl/α,β-unsaturated/α-hetero) is 1. The van der Waals surface area contributed by atoms with E-state index in [4.69, 9.17) is 4.74 Å². The van der Waals surface area contributed by atoms with E-state index in [0.29, 0.717) is 6.42 Å². The van der Waals surface area contributed by atoms with Gasteiger partial charge in [-0.1, -0.05) is 6.92 Å². The van der Waals surface area contributed by atoms with Crippen molar-refractivity contribution >= 4 is 5.78 Å². The average Bonchev–Trinajstić information content (AvgIpc) is 2.63. The van der Waals surface area contributed by atoms with Crippen LogP contribution in [0.2, 0.25) is 0 Å². The third-order valence-corrected chi connectivity index (χ3v) is 2.56. The minimum absolute atomic E-state index is 0.168. The van der Waals surface area contributed by atoms with Crippen molar-refractivity contribution in [1.82, 2.24) is 9.78 Å². The van der Waals surface area contributed by atoms with Gasteiger partial charge in [-0.15, -0.1) is 0 Å². The molecule has 1 unspecified atom stereocenters. The Kier molecular flexibility index (Phi) is 4.49. The summed E-state index contributed by atoms with van der Waals surface area (Å²) < 4.78 is 6.88. The van der Waals surface area contributed by atoms with Crippen LogP contribution in [-0.4, -0.2) is 28.8 Å². The van der Waals surface area contributed by atoms with Crippen LogP contribution in [0, 0.1) is 0 Å². The molecule has 0 aliphatic rings. The van der Waals surface area contributed by atoms with E-state index >= 15 is 0 Å². The average molecular weight is 210 g/mol. The molecular formula is C11H18N2O2. The molecule has 1 heterocycles. The van der Waals surface area contributed by atoms with E-state index < -0.39 is 0 Å². The van der Waals surface area contributed by atoms with Crippen LogP contribution in [0.5, 0.6) is 0 Å². The minimum atomic E-state index is -0.252. The Morgan fingerprint density at radius 2 is 2.40 bits per heavy atom. The fourth-order valence-electron chi connectivity index (χ4n) is 1.58. The Hall–Kier alpha value is -1.16. The fraction of sp³-hybridized carbons (Fsp3) is 0.636. The van der Waals surface area contributed by atoms with Crippen molar-refractivity contribution in [2.75, 3.05) is 7.11 Å². The minimum Gasteiger partial charge on any atom is -0.374 e. The van der Waals surface area contributed by atoms with E-state index in [9.17, 15) is 4.79 Å². The molecule has 0 aliphatic carbocycles. The van der Waals surface area contributed by atoms with E-state index in [0.717, 1.165) is 18.5 Å². The number of nitrogens with zero attached hydrogens (tertiary/aromatic N) is 2. The second-order valence-corrected chi connectivity index (χ2v) is 3.55. The molecule has 0 spiro atoms. The largest absolute Gasteiger partial charge is 0.374 e. The second-order valence-electron chi connectivity index (χ2n) is 3.55. The van der Waals surface area contributed by atoms with Crippen molar-refractivity contribution in [2.45, 2.75) is 32.3 Å². The van der Waals surface area contributed by atoms with Gasteiger partial charge in [-0.25, -0.2) is 0 Å². The molecule has 0 aromatic carbocycles. The molecule has 0 amide bonds. The molecule has 0 saturated heterocycles. The molecule has 0 radical (unpaired) electrons. The summed E-state index contributed by atoms with van der Waals surface area (Å²) in [5, 5.41) is 4.05. The molecule has 4 heteroatoms. The van der Waals surface area contributed by atoms with Gasteiger partial charge in [0.05, 0.1) is 0 Å².